The number of halogens is 6. The molecule has 2 unspecified atom stereocenters. The molecule has 1 aliphatic heterocycles. The van der Waals surface area contributed by atoms with Crippen molar-refractivity contribution < 1.29 is 31.1 Å². The van der Waals surface area contributed by atoms with E-state index in [4.69, 9.17) is 0 Å². The van der Waals surface area contributed by atoms with Gasteiger partial charge in [0.1, 0.15) is 0 Å². The minimum absolute atomic E-state index is 0.000568. The number of rotatable bonds is 5. The largest absolute Gasteiger partial charge is 0.416 e. The van der Waals surface area contributed by atoms with E-state index in [9.17, 15) is 31.1 Å². The highest BCUT2D eigenvalue weighted by Gasteiger charge is 2.32. The molecule has 0 N–H and O–H groups in total. The Morgan fingerprint density at radius 2 is 1.42 bits per heavy atom. The maximum absolute atomic E-state index is 13.0. The fourth-order valence-electron chi connectivity index (χ4n) is 4.49. The van der Waals surface area contributed by atoms with Crippen molar-refractivity contribution >= 4 is 12.5 Å². The summed E-state index contributed by atoms with van der Waals surface area (Å²) in [5, 5.41) is 0. The van der Waals surface area contributed by atoms with Gasteiger partial charge < -0.3 is 4.90 Å². The van der Waals surface area contributed by atoms with Gasteiger partial charge in [-0.1, -0.05) is 60.7 Å². The lowest BCUT2D eigenvalue weighted by Gasteiger charge is -2.35. The van der Waals surface area contributed by atoms with Crippen LogP contribution in [0.25, 0.3) is 17.2 Å². The summed E-state index contributed by atoms with van der Waals surface area (Å²) in [5.74, 6) is -0.0939. The zero-order chi connectivity index (χ0) is 25.9. The van der Waals surface area contributed by atoms with Crippen LogP contribution in [-0.4, -0.2) is 24.4 Å². The van der Waals surface area contributed by atoms with Gasteiger partial charge in [-0.3, -0.25) is 4.79 Å². The van der Waals surface area contributed by atoms with Gasteiger partial charge in [0.2, 0.25) is 6.41 Å². The Bertz CT molecular complexity index is 1210. The summed E-state index contributed by atoms with van der Waals surface area (Å²) in [4.78, 5) is 13.1. The zero-order valence-electron chi connectivity index (χ0n) is 19.1. The van der Waals surface area contributed by atoms with E-state index < -0.39 is 23.5 Å². The van der Waals surface area contributed by atoms with Gasteiger partial charge in [-0.05, 0) is 58.9 Å². The summed E-state index contributed by atoms with van der Waals surface area (Å²) in [6.45, 7) is 0.935. The van der Waals surface area contributed by atoms with Crippen molar-refractivity contribution in [3.05, 3.63) is 101 Å². The molecule has 3 aromatic rings. The van der Waals surface area contributed by atoms with Crippen molar-refractivity contribution in [2.75, 3.05) is 13.1 Å². The highest BCUT2D eigenvalue weighted by atomic mass is 19.4. The van der Waals surface area contributed by atoms with Crippen LogP contribution in [0.2, 0.25) is 0 Å². The van der Waals surface area contributed by atoms with Gasteiger partial charge in [-0.15, -0.1) is 0 Å². The summed E-state index contributed by atoms with van der Waals surface area (Å²) in [6, 6.07) is 17.3. The van der Waals surface area contributed by atoms with Gasteiger partial charge in [0, 0.05) is 19.0 Å². The molecule has 3 aromatic carbocycles. The number of carbonyl (C=O) groups is 1. The van der Waals surface area contributed by atoms with E-state index in [-0.39, 0.29) is 11.8 Å². The Hall–Kier alpha value is -3.55. The molecule has 1 amide bonds. The van der Waals surface area contributed by atoms with E-state index in [0.717, 1.165) is 41.8 Å². The number of carbonyl (C=O) groups excluding carboxylic acids is 1. The first-order valence-corrected chi connectivity index (χ1v) is 11.4. The van der Waals surface area contributed by atoms with Crippen LogP contribution < -0.4 is 0 Å². The molecule has 1 aliphatic rings. The van der Waals surface area contributed by atoms with Crippen molar-refractivity contribution in [1.29, 1.82) is 0 Å². The Kier molecular flexibility index (Phi) is 7.24. The van der Waals surface area contributed by atoms with Gasteiger partial charge in [-0.2, -0.15) is 26.3 Å². The molecule has 0 aliphatic carbocycles. The number of alkyl halides is 6. The molecule has 1 heterocycles. The van der Waals surface area contributed by atoms with Crippen LogP contribution in [0, 0.1) is 5.92 Å². The van der Waals surface area contributed by atoms with Crippen molar-refractivity contribution in [2.24, 2.45) is 5.92 Å². The van der Waals surface area contributed by atoms with Crippen LogP contribution in [0.5, 0.6) is 0 Å². The van der Waals surface area contributed by atoms with E-state index in [2.05, 4.69) is 0 Å². The molecule has 2 nitrogen and oxygen atoms in total. The molecule has 0 spiro atoms. The van der Waals surface area contributed by atoms with Gasteiger partial charge in [0.15, 0.2) is 0 Å². The maximum atomic E-state index is 13.0. The van der Waals surface area contributed by atoms with E-state index in [0.29, 0.717) is 30.6 Å². The second kappa shape index (κ2) is 10.2. The Balaban J connectivity index is 1.46. The van der Waals surface area contributed by atoms with Crippen LogP contribution in [-0.2, 0) is 17.1 Å². The molecule has 0 saturated carbocycles. The molecular formula is C28H23F6NO. The van der Waals surface area contributed by atoms with Crippen molar-refractivity contribution in [1.82, 2.24) is 4.90 Å². The highest BCUT2D eigenvalue weighted by molar-refractivity contribution is 5.66. The third-order valence-corrected chi connectivity index (χ3v) is 6.36. The number of likely N-dealkylation sites (tertiary alicyclic amines) is 1. The molecule has 2 atom stereocenters. The van der Waals surface area contributed by atoms with E-state index in [1.165, 1.54) is 18.2 Å². The summed E-state index contributed by atoms with van der Waals surface area (Å²) in [6.07, 6.45) is -3.53. The Morgan fingerprint density at radius 1 is 0.750 bits per heavy atom. The summed E-state index contributed by atoms with van der Waals surface area (Å²) >= 11 is 0. The van der Waals surface area contributed by atoms with Crippen LogP contribution in [0.3, 0.4) is 0 Å². The summed E-state index contributed by atoms with van der Waals surface area (Å²) in [5.41, 5.74) is 1.31. The SMILES string of the molecule is O=CN1CC(/C=C\c2ccc(-c3cccc(C(F)(F)F)c3)cc2)CC(c2ccc(C(F)(F)F)cc2)C1. The third kappa shape index (κ3) is 6.17. The van der Waals surface area contributed by atoms with Crippen molar-refractivity contribution in [3.63, 3.8) is 0 Å². The van der Waals surface area contributed by atoms with Crippen molar-refractivity contribution in [3.8, 4) is 11.1 Å². The molecule has 0 bridgehead atoms. The fourth-order valence-corrected chi connectivity index (χ4v) is 4.49. The standard InChI is InChI=1S/C28H23F6NO/c29-27(30,31)25-12-10-22(11-13-25)24-14-20(16-35(17-24)18-36)5-4-19-6-8-21(9-7-19)23-2-1-3-26(15-23)28(32,33)34/h1-13,15,18,20,24H,14,16-17H2/b5-4-. The summed E-state index contributed by atoms with van der Waals surface area (Å²) in [7, 11) is 0. The van der Waals surface area contributed by atoms with Gasteiger partial charge in [0.25, 0.3) is 0 Å². The van der Waals surface area contributed by atoms with Crippen LogP contribution in [0.15, 0.2) is 78.9 Å². The molecule has 8 heteroatoms. The van der Waals surface area contributed by atoms with Crippen LogP contribution in [0.1, 0.15) is 34.6 Å². The van der Waals surface area contributed by atoms with E-state index in [1.807, 2.05) is 12.2 Å². The van der Waals surface area contributed by atoms with Gasteiger partial charge >= 0.3 is 12.4 Å². The second-order valence-electron chi connectivity index (χ2n) is 8.93. The first kappa shape index (κ1) is 25.5. The quantitative estimate of drug-likeness (QED) is 0.259. The fraction of sp³-hybridized carbons (Fsp3) is 0.250. The topological polar surface area (TPSA) is 20.3 Å². The minimum Gasteiger partial charge on any atom is -0.344 e. The number of hydrogen-bond donors (Lipinski definition) is 0. The van der Waals surface area contributed by atoms with Crippen LogP contribution >= 0.6 is 0 Å². The average Bonchev–Trinajstić information content (AvgIpc) is 2.87. The minimum atomic E-state index is -4.41. The lowest BCUT2D eigenvalue weighted by atomic mass is 9.84. The predicted molar refractivity (Wildman–Crippen MR) is 126 cm³/mol. The molecular weight excluding hydrogens is 480 g/mol. The van der Waals surface area contributed by atoms with Gasteiger partial charge in [-0.25, -0.2) is 0 Å². The van der Waals surface area contributed by atoms with E-state index in [1.54, 1.807) is 35.2 Å². The highest BCUT2D eigenvalue weighted by Crippen LogP contribution is 2.35. The molecule has 1 saturated heterocycles. The normalized spacial score (nSPS) is 19.0. The molecule has 4 rings (SSSR count). The Morgan fingerprint density at radius 3 is 2.03 bits per heavy atom. The zero-order valence-corrected chi connectivity index (χ0v) is 19.1. The van der Waals surface area contributed by atoms with Gasteiger partial charge in [0.05, 0.1) is 11.1 Å². The average molecular weight is 503 g/mol. The first-order chi connectivity index (χ1) is 17.0. The Labute approximate surface area is 204 Å². The molecule has 0 radical (unpaired) electrons. The lowest BCUT2D eigenvalue weighted by molar-refractivity contribution is -0.138. The number of hydrogen-bond acceptors (Lipinski definition) is 1. The molecule has 188 valence electrons. The number of benzene rings is 3. The van der Waals surface area contributed by atoms with Crippen LogP contribution in [0.4, 0.5) is 26.3 Å². The van der Waals surface area contributed by atoms with Crippen molar-refractivity contribution in [2.45, 2.75) is 24.7 Å². The number of amides is 1. The first-order valence-electron chi connectivity index (χ1n) is 11.4. The monoisotopic (exact) mass is 503 g/mol. The summed E-state index contributed by atoms with van der Waals surface area (Å²) < 4.78 is 77.6. The maximum Gasteiger partial charge on any atom is 0.416 e. The number of nitrogens with zero attached hydrogens (tertiary/aromatic N) is 1. The molecule has 1 fully saturated rings. The lowest BCUT2D eigenvalue weighted by Crippen LogP contribution is -2.38. The molecule has 0 aromatic heterocycles. The third-order valence-electron chi connectivity index (χ3n) is 6.36. The number of piperidine rings is 1. The smallest absolute Gasteiger partial charge is 0.344 e. The predicted octanol–water partition coefficient (Wildman–Crippen LogP) is 7.67. The molecule has 36 heavy (non-hydrogen) atoms. The van der Waals surface area contributed by atoms with E-state index >= 15 is 0 Å². The second-order valence-corrected chi connectivity index (χ2v) is 8.93.